The van der Waals surface area contributed by atoms with Gasteiger partial charge in [-0.15, -0.1) is 0 Å². The van der Waals surface area contributed by atoms with E-state index in [4.69, 9.17) is 9.47 Å². The number of nitrogens with zero attached hydrogens (tertiary/aromatic N) is 4. The number of fused-ring (bicyclic) bond motifs is 1. The van der Waals surface area contributed by atoms with E-state index >= 15 is 0 Å². The first-order chi connectivity index (χ1) is 10.3. The molecule has 1 atom stereocenters. The lowest BCUT2D eigenvalue weighted by molar-refractivity contribution is 0.0629. The van der Waals surface area contributed by atoms with Crippen LogP contribution in [-0.2, 0) is 13.1 Å². The molecule has 6 heteroatoms. The zero-order chi connectivity index (χ0) is 14.7. The second-order valence-corrected chi connectivity index (χ2v) is 5.19. The van der Waals surface area contributed by atoms with Crippen LogP contribution in [0.4, 0.5) is 0 Å². The Labute approximate surface area is 124 Å². The quantitative estimate of drug-likeness (QED) is 0.836. The van der Waals surface area contributed by atoms with Crippen molar-refractivity contribution >= 4 is 0 Å². The highest BCUT2D eigenvalue weighted by Gasteiger charge is 2.22. The number of aromatic nitrogens is 3. The number of ether oxygens (including phenoxy) is 2. The Kier molecular flexibility index (Phi) is 4.06. The Morgan fingerprint density at radius 2 is 2.14 bits per heavy atom. The van der Waals surface area contributed by atoms with Crippen LogP contribution in [0.3, 0.4) is 0 Å². The van der Waals surface area contributed by atoms with Gasteiger partial charge in [-0.05, 0) is 26.1 Å². The Bertz CT molecular complexity index is 599. The molecule has 2 aromatic rings. The maximum absolute atomic E-state index is 5.97. The van der Waals surface area contributed by atoms with Crippen molar-refractivity contribution in [1.82, 2.24) is 19.7 Å². The van der Waals surface area contributed by atoms with Crippen LogP contribution in [0.15, 0.2) is 30.6 Å². The van der Waals surface area contributed by atoms with Crippen molar-refractivity contribution in [3.63, 3.8) is 0 Å². The molecule has 1 aromatic heterocycles. The summed E-state index contributed by atoms with van der Waals surface area (Å²) in [6.07, 6.45) is 1.63. The summed E-state index contributed by atoms with van der Waals surface area (Å²) in [6.45, 7) is 4.99. The minimum atomic E-state index is 0.0305. The summed E-state index contributed by atoms with van der Waals surface area (Å²) in [5, 5.41) is 4.19. The molecule has 3 rings (SSSR count). The molecule has 0 saturated heterocycles. The molecule has 6 nitrogen and oxygen atoms in total. The smallest absolute Gasteiger partial charge is 0.161 e. The van der Waals surface area contributed by atoms with Gasteiger partial charge >= 0.3 is 0 Å². The van der Waals surface area contributed by atoms with E-state index in [1.807, 2.05) is 28.9 Å². The van der Waals surface area contributed by atoms with Crippen molar-refractivity contribution in [2.75, 3.05) is 20.2 Å². The Balaban J connectivity index is 1.58. The van der Waals surface area contributed by atoms with Gasteiger partial charge in [0.2, 0.25) is 0 Å². The molecule has 0 spiro atoms. The third-order valence-corrected chi connectivity index (χ3v) is 3.49. The van der Waals surface area contributed by atoms with Gasteiger partial charge in [-0.3, -0.25) is 4.90 Å². The summed E-state index contributed by atoms with van der Waals surface area (Å²) in [6, 6.07) is 7.78. The highest BCUT2D eigenvalue weighted by molar-refractivity contribution is 5.40. The minimum Gasteiger partial charge on any atom is -0.486 e. The van der Waals surface area contributed by atoms with Gasteiger partial charge in [0.1, 0.15) is 24.9 Å². The lowest BCUT2D eigenvalue weighted by atomic mass is 10.2. The van der Waals surface area contributed by atoms with E-state index < -0.39 is 0 Å². The van der Waals surface area contributed by atoms with Crippen molar-refractivity contribution in [1.29, 1.82) is 0 Å². The van der Waals surface area contributed by atoms with Crippen LogP contribution in [0.1, 0.15) is 12.7 Å². The minimum absolute atomic E-state index is 0.0305. The normalized spacial score (nSPS) is 17.2. The van der Waals surface area contributed by atoms with Gasteiger partial charge in [0.15, 0.2) is 11.5 Å². The fourth-order valence-electron chi connectivity index (χ4n) is 2.48. The van der Waals surface area contributed by atoms with Gasteiger partial charge in [0.05, 0.1) is 6.54 Å². The van der Waals surface area contributed by atoms with Crippen molar-refractivity contribution in [2.45, 2.75) is 26.1 Å². The van der Waals surface area contributed by atoms with E-state index in [-0.39, 0.29) is 6.10 Å². The highest BCUT2D eigenvalue weighted by atomic mass is 16.6. The summed E-state index contributed by atoms with van der Waals surface area (Å²) in [7, 11) is 2.05. The molecule has 21 heavy (non-hydrogen) atoms. The molecule has 0 fully saturated rings. The molecule has 0 N–H and O–H groups in total. The number of rotatable bonds is 5. The van der Waals surface area contributed by atoms with Crippen LogP contribution >= 0.6 is 0 Å². The molecule has 1 aliphatic heterocycles. The van der Waals surface area contributed by atoms with Crippen LogP contribution in [0.25, 0.3) is 0 Å². The van der Waals surface area contributed by atoms with Gasteiger partial charge in [-0.1, -0.05) is 12.1 Å². The zero-order valence-corrected chi connectivity index (χ0v) is 12.4. The molecule has 0 unspecified atom stereocenters. The number of hydrogen-bond donors (Lipinski definition) is 0. The summed E-state index contributed by atoms with van der Waals surface area (Å²) in [5.41, 5.74) is 0. The van der Waals surface area contributed by atoms with Crippen LogP contribution in [0.5, 0.6) is 11.5 Å². The average Bonchev–Trinajstić information content (AvgIpc) is 2.94. The molecular formula is C15H20N4O2. The molecule has 2 heterocycles. The van der Waals surface area contributed by atoms with E-state index in [1.165, 1.54) is 0 Å². The summed E-state index contributed by atoms with van der Waals surface area (Å²) in [5.74, 6) is 2.61. The highest BCUT2D eigenvalue weighted by Crippen LogP contribution is 2.30. The Morgan fingerprint density at radius 1 is 1.33 bits per heavy atom. The standard InChI is InChI=1S/C15H20N4O2/c1-3-19-15(16-11-17-19)9-18(2)8-12-10-20-13-6-4-5-7-14(13)21-12/h4-7,11-12H,3,8-10H2,1-2H3/t12-/m0/s1. The fraction of sp³-hybridized carbons (Fsp3) is 0.467. The van der Waals surface area contributed by atoms with E-state index in [2.05, 4.69) is 29.0 Å². The molecule has 0 saturated carbocycles. The largest absolute Gasteiger partial charge is 0.486 e. The summed E-state index contributed by atoms with van der Waals surface area (Å²) >= 11 is 0. The average molecular weight is 288 g/mol. The van der Waals surface area contributed by atoms with Crippen molar-refractivity contribution in [3.8, 4) is 11.5 Å². The second-order valence-electron chi connectivity index (χ2n) is 5.19. The second kappa shape index (κ2) is 6.13. The van der Waals surface area contributed by atoms with Crippen LogP contribution in [0.2, 0.25) is 0 Å². The Morgan fingerprint density at radius 3 is 2.95 bits per heavy atom. The van der Waals surface area contributed by atoms with Gasteiger partial charge in [-0.2, -0.15) is 5.10 Å². The first kappa shape index (κ1) is 13.9. The van der Waals surface area contributed by atoms with Gasteiger partial charge in [0.25, 0.3) is 0 Å². The van der Waals surface area contributed by atoms with Crippen molar-refractivity contribution in [2.24, 2.45) is 0 Å². The maximum Gasteiger partial charge on any atom is 0.161 e. The maximum atomic E-state index is 5.97. The van der Waals surface area contributed by atoms with E-state index in [1.54, 1.807) is 6.33 Å². The number of hydrogen-bond acceptors (Lipinski definition) is 5. The van der Waals surface area contributed by atoms with E-state index in [0.29, 0.717) is 6.61 Å². The summed E-state index contributed by atoms with van der Waals surface area (Å²) in [4.78, 5) is 6.47. The third kappa shape index (κ3) is 3.16. The zero-order valence-electron chi connectivity index (χ0n) is 12.4. The topological polar surface area (TPSA) is 52.4 Å². The number of likely N-dealkylation sites (N-methyl/N-ethyl adjacent to an activating group) is 1. The number of benzene rings is 1. The molecule has 0 amide bonds. The van der Waals surface area contributed by atoms with E-state index in [9.17, 15) is 0 Å². The van der Waals surface area contributed by atoms with Gasteiger partial charge in [0, 0.05) is 13.1 Å². The number of aryl methyl sites for hydroxylation is 1. The molecule has 1 aliphatic rings. The SMILES string of the molecule is CCn1ncnc1CN(C)C[C@H]1COc2ccccc2O1. The van der Waals surface area contributed by atoms with E-state index in [0.717, 1.165) is 37.0 Å². The Hall–Kier alpha value is -2.08. The molecule has 112 valence electrons. The van der Waals surface area contributed by atoms with Crippen molar-refractivity contribution in [3.05, 3.63) is 36.4 Å². The molecule has 0 aliphatic carbocycles. The first-order valence-corrected chi connectivity index (χ1v) is 7.20. The lowest BCUT2D eigenvalue weighted by Gasteiger charge is -2.29. The lowest BCUT2D eigenvalue weighted by Crippen LogP contribution is -2.39. The van der Waals surface area contributed by atoms with Gasteiger partial charge in [-0.25, -0.2) is 9.67 Å². The monoisotopic (exact) mass is 288 g/mol. The van der Waals surface area contributed by atoms with Crippen LogP contribution in [-0.4, -0.2) is 46.0 Å². The van der Waals surface area contributed by atoms with Crippen LogP contribution in [0, 0.1) is 0 Å². The fourth-order valence-corrected chi connectivity index (χ4v) is 2.48. The molecule has 1 aromatic carbocycles. The first-order valence-electron chi connectivity index (χ1n) is 7.20. The third-order valence-electron chi connectivity index (χ3n) is 3.49. The summed E-state index contributed by atoms with van der Waals surface area (Å²) < 4.78 is 13.6. The van der Waals surface area contributed by atoms with Crippen LogP contribution < -0.4 is 9.47 Å². The molecule has 0 bridgehead atoms. The molecule has 0 radical (unpaired) electrons. The predicted molar refractivity (Wildman–Crippen MR) is 78.4 cm³/mol. The number of para-hydroxylation sites is 2. The van der Waals surface area contributed by atoms with Gasteiger partial charge < -0.3 is 9.47 Å². The van der Waals surface area contributed by atoms with Crippen molar-refractivity contribution < 1.29 is 9.47 Å². The molecular weight excluding hydrogens is 268 g/mol. The predicted octanol–water partition coefficient (Wildman–Crippen LogP) is 1.57.